The minimum absolute atomic E-state index is 0.133. The van der Waals surface area contributed by atoms with Crippen molar-refractivity contribution >= 4 is 17.6 Å². The highest BCUT2D eigenvalue weighted by molar-refractivity contribution is 6.15. The second-order valence-electron chi connectivity index (χ2n) is 5.42. The fourth-order valence-electron chi connectivity index (χ4n) is 2.10. The zero-order valence-electron chi connectivity index (χ0n) is 11.0. The molecule has 0 atom stereocenters. The number of nitrogens with zero attached hydrogens (tertiary/aromatic N) is 2. The molecular weight excluding hydrogens is 228 g/mol. The largest absolute Gasteiger partial charge is 0.331 e. The number of rotatable bonds is 1. The van der Waals surface area contributed by atoms with Crippen molar-refractivity contribution in [2.24, 2.45) is 0 Å². The number of carbonyl (C=O) groups is 2. The number of para-hydroxylation sites is 1. The number of hydrogen-bond acceptors (Lipinski definition) is 2. The van der Waals surface area contributed by atoms with E-state index >= 15 is 0 Å². The van der Waals surface area contributed by atoms with Gasteiger partial charge in [0.15, 0.2) is 0 Å². The second-order valence-corrected chi connectivity index (χ2v) is 5.42. The third-order valence-corrected chi connectivity index (χ3v) is 3.05. The zero-order valence-corrected chi connectivity index (χ0v) is 11.0. The van der Waals surface area contributed by atoms with Gasteiger partial charge in [-0.15, -0.1) is 0 Å². The third-order valence-electron chi connectivity index (χ3n) is 3.05. The highest BCUT2D eigenvalue weighted by Crippen LogP contribution is 2.25. The van der Waals surface area contributed by atoms with Gasteiger partial charge in [-0.25, -0.2) is 9.69 Å². The van der Waals surface area contributed by atoms with E-state index in [0.29, 0.717) is 18.7 Å². The van der Waals surface area contributed by atoms with Gasteiger partial charge in [0.1, 0.15) is 0 Å². The predicted molar refractivity (Wildman–Crippen MR) is 70.4 cm³/mol. The molecule has 18 heavy (non-hydrogen) atoms. The Morgan fingerprint density at radius 2 is 1.67 bits per heavy atom. The van der Waals surface area contributed by atoms with Crippen molar-refractivity contribution in [1.82, 2.24) is 4.90 Å². The van der Waals surface area contributed by atoms with Crippen LogP contribution < -0.4 is 4.90 Å². The van der Waals surface area contributed by atoms with Crippen molar-refractivity contribution in [3.05, 3.63) is 30.3 Å². The molecule has 0 saturated carbocycles. The number of amides is 3. The van der Waals surface area contributed by atoms with Crippen LogP contribution in [-0.4, -0.2) is 28.9 Å². The van der Waals surface area contributed by atoms with Gasteiger partial charge in [0.05, 0.1) is 5.69 Å². The van der Waals surface area contributed by atoms with E-state index in [4.69, 9.17) is 0 Å². The summed E-state index contributed by atoms with van der Waals surface area (Å²) in [7, 11) is 0. The van der Waals surface area contributed by atoms with Crippen molar-refractivity contribution in [3.63, 3.8) is 0 Å². The molecule has 0 aromatic heterocycles. The molecule has 3 amide bonds. The lowest BCUT2D eigenvalue weighted by molar-refractivity contribution is -0.119. The fourth-order valence-corrected chi connectivity index (χ4v) is 2.10. The average Bonchev–Trinajstić information content (AvgIpc) is 2.28. The Morgan fingerprint density at radius 3 is 2.22 bits per heavy atom. The molecule has 4 nitrogen and oxygen atoms in total. The molecule has 1 aromatic carbocycles. The predicted octanol–water partition coefficient (Wildman–Crippen LogP) is 2.64. The van der Waals surface area contributed by atoms with Gasteiger partial charge < -0.3 is 4.90 Å². The maximum atomic E-state index is 12.4. The van der Waals surface area contributed by atoms with E-state index in [9.17, 15) is 9.59 Å². The van der Waals surface area contributed by atoms with Crippen LogP contribution in [0.2, 0.25) is 0 Å². The van der Waals surface area contributed by atoms with Gasteiger partial charge in [-0.2, -0.15) is 0 Å². The van der Waals surface area contributed by atoms with Crippen molar-refractivity contribution in [2.75, 3.05) is 11.4 Å². The molecule has 1 heterocycles. The number of benzene rings is 1. The summed E-state index contributed by atoms with van der Waals surface area (Å²) >= 11 is 0. The molecule has 0 unspecified atom stereocenters. The summed E-state index contributed by atoms with van der Waals surface area (Å²) in [4.78, 5) is 27.4. The monoisotopic (exact) mass is 246 g/mol. The number of hydrogen-bond donors (Lipinski definition) is 0. The molecule has 1 aromatic rings. The summed E-state index contributed by atoms with van der Waals surface area (Å²) in [6.07, 6.45) is 0.373. The number of anilines is 1. The Bertz CT molecular complexity index is 462. The average molecular weight is 246 g/mol. The van der Waals surface area contributed by atoms with Crippen LogP contribution >= 0.6 is 0 Å². The maximum absolute atomic E-state index is 12.4. The number of urea groups is 1. The van der Waals surface area contributed by atoms with E-state index in [-0.39, 0.29) is 17.5 Å². The Morgan fingerprint density at radius 1 is 1.06 bits per heavy atom. The van der Waals surface area contributed by atoms with E-state index in [1.54, 1.807) is 17.0 Å². The lowest BCUT2D eigenvalue weighted by atomic mass is 10.0. The van der Waals surface area contributed by atoms with Crippen LogP contribution in [0.3, 0.4) is 0 Å². The fraction of sp³-hybridized carbons (Fsp3) is 0.429. The summed E-state index contributed by atoms with van der Waals surface area (Å²) in [5, 5.41) is 0. The molecule has 0 spiro atoms. The smallest absolute Gasteiger partial charge is 0.319 e. The van der Waals surface area contributed by atoms with E-state index in [2.05, 4.69) is 0 Å². The Labute approximate surface area is 107 Å². The van der Waals surface area contributed by atoms with Crippen LogP contribution in [0.1, 0.15) is 27.2 Å². The molecule has 1 aliphatic heterocycles. The van der Waals surface area contributed by atoms with Gasteiger partial charge in [0.2, 0.25) is 5.91 Å². The van der Waals surface area contributed by atoms with Crippen LogP contribution in [0.25, 0.3) is 0 Å². The maximum Gasteiger partial charge on any atom is 0.331 e. The van der Waals surface area contributed by atoms with E-state index < -0.39 is 0 Å². The molecular formula is C14H18N2O2. The van der Waals surface area contributed by atoms with Gasteiger partial charge in [-0.1, -0.05) is 18.2 Å². The Balaban J connectivity index is 2.34. The van der Waals surface area contributed by atoms with Crippen molar-refractivity contribution < 1.29 is 9.59 Å². The summed E-state index contributed by atoms with van der Waals surface area (Å²) in [5.74, 6) is -0.133. The third kappa shape index (κ3) is 2.23. The van der Waals surface area contributed by atoms with Crippen LogP contribution in [-0.2, 0) is 4.79 Å². The SMILES string of the molecule is CC(C)(C)N1CCC(=O)N(c2ccccc2)C1=O. The highest BCUT2D eigenvalue weighted by atomic mass is 16.2. The molecule has 1 fully saturated rings. The highest BCUT2D eigenvalue weighted by Gasteiger charge is 2.38. The summed E-state index contributed by atoms with van der Waals surface area (Å²) in [6.45, 7) is 6.42. The van der Waals surface area contributed by atoms with Crippen molar-refractivity contribution in [2.45, 2.75) is 32.7 Å². The van der Waals surface area contributed by atoms with E-state index in [0.717, 1.165) is 0 Å². The van der Waals surface area contributed by atoms with Gasteiger partial charge >= 0.3 is 6.03 Å². The molecule has 4 heteroatoms. The van der Waals surface area contributed by atoms with E-state index in [1.165, 1.54) is 4.90 Å². The first kappa shape index (κ1) is 12.6. The second kappa shape index (κ2) is 4.44. The minimum atomic E-state index is -0.273. The van der Waals surface area contributed by atoms with E-state index in [1.807, 2.05) is 39.0 Å². The van der Waals surface area contributed by atoms with Crippen molar-refractivity contribution in [3.8, 4) is 0 Å². The van der Waals surface area contributed by atoms with Crippen LogP contribution in [0.5, 0.6) is 0 Å². The first-order valence-electron chi connectivity index (χ1n) is 6.11. The topological polar surface area (TPSA) is 40.6 Å². The van der Waals surface area contributed by atoms with Crippen LogP contribution in [0, 0.1) is 0 Å². The van der Waals surface area contributed by atoms with Crippen molar-refractivity contribution in [1.29, 1.82) is 0 Å². The number of carbonyl (C=O) groups excluding carboxylic acids is 2. The lowest BCUT2D eigenvalue weighted by Crippen LogP contribution is -2.58. The summed E-state index contributed by atoms with van der Waals surface area (Å²) < 4.78 is 0. The minimum Gasteiger partial charge on any atom is -0.319 e. The lowest BCUT2D eigenvalue weighted by Gasteiger charge is -2.41. The van der Waals surface area contributed by atoms with Gasteiger partial charge in [-0.05, 0) is 32.9 Å². The molecule has 0 bridgehead atoms. The zero-order chi connectivity index (χ0) is 13.3. The molecule has 1 aliphatic rings. The first-order chi connectivity index (χ1) is 8.41. The first-order valence-corrected chi connectivity index (χ1v) is 6.11. The van der Waals surface area contributed by atoms with Crippen LogP contribution in [0.4, 0.5) is 10.5 Å². The molecule has 0 radical (unpaired) electrons. The molecule has 2 rings (SSSR count). The molecule has 96 valence electrons. The van der Waals surface area contributed by atoms with Gasteiger partial charge in [0, 0.05) is 18.5 Å². The van der Waals surface area contributed by atoms with Gasteiger partial charge in [-0.3, -0.25) is 4.79 Å². The number of imide groups is 1. The summed E-state index contributed by atoms with van der Waals surface area (Å²) in [6, 6.07) is 8.84. The molecule has 0 N–H and O–H groups in total. The normalized spacial score (nSPS) is 17.3. The molecule has 1 saturated heterocycles. The Hall–Kier alpha value is -1.84. The standard InChI is InChI=1S/C14H18N2O2/c1-14(2,3)15-10-9-12(17)16(13(15)18)11-7-5-4-6-8-11/h4-8H,9-10H2,1-3H3. The molecule has 0 aliphatic carbocycles. The summed E-state index contributed by atoms with van der Waals surface area (Å²) in [5.41, 5.74) is 0.367. The quantitative estimate of drug-likeness (QED) is 0.764. The Kier molecular flexibility index (Phi) is 3.11. The van der Waals surface area contributed by atoms with Crippen LogP contribution in [0.15, 0.2) is 30.3 Å². The van der Waals surface area contributed by atoms with Gasteiger partial charge in [0.25, 0.3) is 0 Å².